The summed E-state index contributed by atoms with van der Waals surface area (Å²) >= 11 is 0. The number of benzene rings is 1. The fourth-order valence-electron chi connectivity index (χ4n) is 3.75. The number of aromatic amines is 1. The molecular formula is C20H24N4O3. The Bertz CT molecular complexity index is 875. The molecule has 1 N–H and O–H groups in total. The molecule has 2 aromatic rings. The monoisotopic (exact) mass is 368 g/mol. The first kappa shape index (κ1) is 17.9. The van der Waals surface area contributed by atoms with Crippen LogP contribution in [0.1, 0.15) is 18.2 Å². The van der Waals surface area contributed by atoms with E-state index in [4.69, 9.17) is 4.74 Å². The number of nitrogens with one attached hydrogen (secondary N) is 1. The summed E-state index contributed by atoms with van der Waals surface area (Å²) in [5, 5.41) is 0. The minimum absolute atomic E-state index is 0.0888. The van der Waals surface area contributed by atoms with E-state index in [9.17, 15) is 9.59 Å². The number of morpholine rings is 1. The second kappa shape index (κ2) is 7.62. The molecule has 1 amide bonds. The molecular weight excluding hydrogens is 344 g/mol. The summed E-state index contributed by atoms with van der Waals surface area (Å²) in [5.41, 5.74) is 2.15. The number of hydrogen-bond acceptors (Lipinski definition) is 5. The molecule has 1 unspecified atom stereocenters. The van der Waals surface area contributed by atoms with Gasteiger partial charge in [-0.05, 0) is 13.3 Å². The van der Waals surface area contributed by atoms with Crippen LogP contribution in [0.2, 0.25) is 0 Å². The molecule has 0 radical (unpaired) electrons. The molecule has 4 rings (SSSR count). The van der Waals surface area contributed by atoms with Gasteiger partial charge in [-0.3, -0.25) is 14.5 Å². The van der Waals surface area contributed by atoms with Crippen LogP contribution in [0.3, 0.4) is 0 Å². The van der Waals surface area contributed by atoms with Crippen LogP contribution in [-0.2, 0) is 22.5 Å². The van der Waals surface area contributed by atoms with Crippen LogP contribution in [0, 0.1) is 0 Å². The van der Waals surface area contributed by atoms with Gasteiger partial charge in [0.2, 0.25) is 5.91 Å². The minimum Gasteiger partial charge on any atom is -0.379 e. The first-order valence-electron chi connectivity index (χ1n) is 9.41. The van der Waals surface area contributed by atoms with Gasteiger partial charge in [0.15, 0.2) is 0 Å². The number of nitrogens with zero attached hydrogens (tertiary/aromatic N) is 3. The van der Waals surface area contributed by atoms with Crippen molar-refractivity contribution >= 4 is 5.91 Å². The molecule has 1 saturated heterocycles. The van der Waals surface area contributed by atoms with Crippen LogP contribution in [0.15, 0.2) is 35.1 Å². The molecule has 3 heterocycles. The highest BCUT2D eigenvalue weighted by Gasteiger charge is 2.30. The van der Waals surface area contributed by atoms with E-state index in [-0.39, 0.29) is 17.5 Å². The third kappa shape index (κ3) is 3.65. The first-order chi connectivity index (χ1) is 13.1. The number of aromatic nitrogens is 2. The summed E-state index contributed by atoms with van der Waals surface area (Å²) in [6.45, 7) is 5.75. The third-order valence-corrected chi connectivity index (χ3v) is 5.38. The Hall–Kier alpha value is -2.51. The highest BCUT2D eigenvalue weighted by atomic mass is 16.5. The van der Waals surface area contributed by atoms with Crippen molar-refractivity contribution in [3.8, 4) is 11.4 Å². The topological polar surface area (TPSA) is 78.5 Å². The molecule has 0 spiro atoms. The van der Waals surface area contributed by atoms with Crippen LogP contribution in [0.25, 0.3) is 11.4 Å². The van der Waals surface area contributed by atoms with Crippen LogP contribution in [0.5, 0.6) is 0 Å². The molecule has 27 heavy (non-hydrogen) atoms. The predicted molar refractivity (Wildman–Crippen MR) is 101 cm³/mol. The molecule has 1 fully saturated rings. The van der Waals surface area contributed by atoms with Gasteiger partial charge >= 0.3 is 0 Å². The molecule has 0 bridgehead atoms. The Labute approximate surface area is 158 Å². The van der Waals surface area contributed by atoms with E-state index in [0.717, 1.165) is 18.7 Å². The maximum atomic E-state index is 13.0. The average Bonchev–Trinajstić information content (AvgIpc) is 2.73. The van der Waals surface area contributed by atoms with Gasteiger partial charge in [0, 0.05) is 30.8 Å². The number of carbonyl (C=O) groups excluding carboxylic acids is 1. The molecule has 1 atom stereocenters. The average molecular weight is 368 g/mol. The van der Waals surface area contributed by atoms with E-state index in [1.807, 2.05) is 42.2 Å². The lowest BCUT2D eigenvalue weighted by Crippen LogP contribution is -2.52. The summed E-state index contributed by atoms with van der Waals surface area (Å²) in [4.78, 5) is 37.0. The lowest BCUT2D eigenvalue weighted by atomic mass is 10.0. The SMILES string of the molecule is CC(C(=O)N1CCc2c(nc(-c3ccccc3)[nH]c2=O)C1)N1CCOCC1. The van der Waals surface area contributed by atoms with Crippen LogP contribution in [0.4, 0.5) is 0 Å². The molecule has 0 aliphatic carbocycles. The van der Waals surface area contributed by atoms with Crippen LogP contribution < -0.4 is 5.56 Å². The van der Waals surface area contributed by atoms with E-state index in [2.05, 4.69) is 14.9 Å². The highest BCUT2D eigenvalue weighted by Crippen LogP contribution is 2.20. The second-order valence-electron chi connectivity index (χ2n) is 7.04. The van der Waals surface area contributed by atoms with Crippen LogP contribution >= 0.6 is 0 Å². The number of rotatable bonds is 3. The molecule has 1 aromatic heterocycles. The zero-order valence-electron chi connectivity index (χ0n) is 15.5. The Balaban J connectivity index is 1.56. The highest BCUT2D eigenvalue weighted by molar-refractivity contribution is 5.81. The normalized spacial score (nSPS) is 18.8. The van der Waals surface area contributed by atoms with Crippen molar-refractivity contribution in [2.45, 2.75) is 25.9 Å². The maximum absolute atomic E-state index is 13.0. The fourth-order valence-corrected chi connectivity index (χ4v) is 3.75. The largest absolute Gasteiger partial charge is 0.379 e. The van der Waals surface area contributed by atoms with E-state index in [1.54, 1.807) is 0 Å². The molecule has 2 aliphatic heterocycles. The van der Waals surface area contributed by atoms with Gasteiger partial charge in [-0.25, -0.2) is 4.98 Å². The molecule has 0 saturated carbocycles. The van der Waals surface area contributed by atoms with Crippen LogP contribution in [-0.4, -0.2) is 64.6 Å². The number of fused-ring (bicyclic) bond motifs is 1. The Kier molecular flexibility index (Phi) is 5.05. The lowest BCUT2D eigenvalue weighted by Gasteiger charge is -2.36. The van der Waals surface area contributed by atoms with Gasteiger partial charge in [-0.2, -0.15) is 0 Å². The summed E-state index contributed by atoms with van der Waals surface area (Å²) in [6, 6.07) is 9.39. The molecule has 2 aliphatic rings. The molecule has 1 aromatic carbocycles. The fraction of sp³-hybridized carbons (Fsp3) is 0.450. The van der Waals surface area contributed by atoms with Gasteiger partial charge in [-0.15, -0.1) is 0 Å². The number of ether oxygens (including phenoxy) is 1. The molecule has 7 nitrogen and oxygen atoms in total. The van der Waals surface area contributed by atoms with Crippen molar-refractivity contribution < 1.29 is 9.53 Å². The Morgan fingerprint density at radius 1 is 1.19 bits per heavy atom. The second-order valence-corrected chi connectivity index (χ2v) is 7.04. The smallest absolute Gasteiger partial charge is 0.254 e. The summed E-state index contributed by atoms with van der Waals surface area (Å²) in [6.07, 6.45) is 0.536. The third-order valence-electron chi connectivity index (χ3n) is 5.38. The van der Waals surface area contributed by atoms with E-state index < -0.39 is 0 Å². The summed E-state index contributed by atoms with van der Waals surface area (Å²) in [5.74, 6) is 0.640. The van der Waals surface area contributed by atoms with E-state index >= 15 is 0 Å². The zero-order valence-corrected chi connectivity index (χ0v) is 15.5. The van der Waals surface area contributed by atoms with Crippen molar-refractivity contribution in [2.24, 2.45) is 0 Å². The molecule has 7 heteroatoms. The van der Waals surface area contributed by atoms with Gasteiger partial charge in [0.1, 0.15) is 5.82 Å². The summed E-state index contributed by atoms with van der Waals surface area (Å²) < 4.78 is 5.38. The Morgan fingerprint density at radius 3 is 2.67 bits per heavy atom. The standard InChI is InChI=1S/C20H24N4O3/c1-14(23-9-11-27-12-10-23)20(26)24-8-7-16-17(13-24)21-18(22-19(16)25)15-5-3-2-4-6-15/h2-6,14H,7-13H2,1H3,(H,21,22,25). The summed E-state index contributed by atoms with van der Waals surface area (Å²) in [7, 11) is 0. The number of carbonyl (C=O) groups is 1. The van der Waals surface area contributed by atoms with E-state index in [0.29, 0.717) is 49.8 Å². The van der Waals surface area contributed by atoms with Crippen molar-refractivity contribution in [2.75, 3.05) is 32.8 Å². The van der Waals surface area contributed by atoms with Gasteiger partial charge in [-0.1, -0.05) is 30.3 Å². The maximum Gasteiger partial charge on any atom is 0.254 e. The first-order valence-corrected chi connectivity index (χ1v) is 9.41. The quantitative estimate of drug-likeness (QED) is 0.876. The van der Waals surface area contributed by atoms with E-state index in [1.165, 1.54) is 0 Å². The zero-order chi connectivity index (χ0) is 18.8. The predicted octanol–water partition coefficient (Wildman–Crippen LogP) is 1.04. The van der Waals surface area contributed by atoms with Crippen molar-refractivity contribution in [3.63, 3.8) is 0 Å². The lowest BCUT2D eigenvalue weighted by molar-refractivity contribution is -0.139. The number of amides is 1. The Morgan fingerprint density at radius 2 is 1.93 bits per heavy atom. The van der Waals surface area contributed by atoms with Crippen molar-refractivity contribution in [3.05, 3.63) is 51.9 Å². The molecule has 142 valence electrons. The number of H-pyrrole nitrogens is 1. The van der Waals surface area contributed by atoms with Gasteiger partial charge < -0.3 is 14.6 Å². The minimum atomic E-state index is -0.189. The van der Waals surface area contributed by atoms with Gasteiger partial charge in [0.25, 0.3) is 5.56 Å². The number of hydrogen-bond donors (Lipinski definition) is 1. The van der Waals surface area contributed by atoms with Crippen molar-refractivity contribution in [1.82, 2.24) is 19.8 Å². The van der Waals surface area contributed by atoms with Gasteiger partial charge in [0.05, 0.1) is 31.5 Å². The van der Waals surface area contributed by atoms with Crippen molar-refractivity contribution in [1.29, 1.82) is 0 Å².